The van der Waals surface area contributed by atoms with Gasteiger partial charge in [0.05, 0.1) is 7.11 Å². The monoisotopic (exact) mass is 215 g/mol. The Hall–Kier alpha value is -0.480. The molecule has 0 aromatic rings. The summed E-state index contributed by atoms with van der Waals surface area (Å²) in [5.74, 6) is 2.19. The van der Waals surface area contributed by atoms with E-state index in [1.807, 2.05) is 17.8 Å². The summed E-state index contributed by atoms with van der Waals surface area (Å²) in [7, 11) is 1.40. The molecule has 0 bridgehead atoms. The Morgan fingerprint density at radius 3 is 3.07 bits per heavy atom. The molecule has 0 aliphatic carbocycles. The van der Waals surface area contributed by atoms with Crippen LogP contribution in [0, 0.1) is 0 Å². The molecule has 0 spiro atoms. The lowest BCUT2D eigenvalue weighted by atomic mass is 10.2. The number of ether oxygens (including phenoxy) is 1. The molecular formula is C10H17NO2S. The molecular weight excluding hydrogens is 198 g/mol. The van der Waals surface area contributed by atoms with Crippen LogP contribution in [0.25, 0.3) is 0 Å². The first-order chi connectivity index (χ1) is 6.74. The molecule has 3 nitrogen and oxygen atoms in total. The first-order valence-corrected chi connectivity index (χ1v) is 5.95. The Kier molecular flexibility index (Phi) is 5.04. The Balaban J connectivity index is 2.21. The van der Waals surface area contributed by atoms with E-state index in [-0.39, 0.29) is 5.97 Å². The second kappa shape index (κ2) is 6.09. The van der Waals surface area contributed by atoms with Gasteiger partial charge in [-0.05, 0) is 19.1 Å². The second-order valence-corrected chi connectivity index (χ2v) is 4.50. The van der Waals surface area contributed by atoms with E-state index >= 15 is 0 Å². The molecule has 1 aliphatic heterocycles. The fraction of sp³-hybridized carbons (Fsp3) is 0.700. The van der Waals surface area contributed by atoms with Crippen LogP contribution in [0.2, 0.25) is 0 Å². The van der Waals surface area contributed by atoms with Crippen molar-refractivity contribution in [3.63, 3.8) is 0 Å². The fourth-order valence-electron chi connectivity index (χ4n) is 1.32. The van der Waals surface area contributed by atoms with Crippen LogP contribution in [0.15, 0.2) is 11.6 Å². The number of esters is 1. The summed E-state index contributed by atoms with van der Waals surface area (Å²) in [5, 5.41) is 3.39. The molecule has 0 amide bonds. The molecule has 1 unspecified atom stereocenters. The number of hydrogen-bond acceptors (Lipinski definition) is 4. The van der Waals surface area contributed by atoms with E-state index < -0.39 is 0 Å². The molecule has 1 atom stereocenters. The van der Waals surface area contributed by atoms with Crippen LogP contribution < -0.4 is 5.32 Å². The van der Waals surface area contributed by atoms with E-state index in [1.165, 1.54) is 25.0 Å². The van der Waals surface area contributed by atoms with Crippen LogP contribution in [0.3, 0.4) is 0 Å². The van der Waals surface area contributed by atoms with Crippen LogP contribution in [-0.2, 0) is 9.53 Å². The van der Waals surface area contributed by atoms with Gasteiger partial charge in [0.15, 0.2) is 0 Å². The van der Waals surface area contributed by atoms with Crippen LogP contribution >= 0.6 is 11.8 Å². The maximum Gasteiger partial charge on any atom is 0.333 e. The first kappa shape index (κ1) is 11.6. The minimum absolute atomic E-state index is 0.243. The topological polar surface area (TPSA) is 38.3 Å². The summed E-state index contributed by atoms with van der Waals surface area (Å²) in [6, 6.07) is 0.613. The molecule has 80 valence electrons. The summed E-state index contributed by atoms with van der Waals surface area (Å²) >= 11 is 1.98. The van der Waals surface area contributed by atoms with Crippen molar-refractivity contribution in [2.75, 3.05) is 25.2 Å². The van der Waals surface area contributed by atoms with E-state index in [0.717, 1.165) is 6.54 Å². The Morgan fingerprint density at radius 1 is 1.71 bits per heavy atom. The molecule has 4 heteroatoms. The zero-order valence-corrected chi connectivity index (χ0v) is 9.52. The van der Waals surface area contributed by atoms with Crippen molar-refractivity contribution in [3.8, 4) is 0 Å². The van der Waals surface area contributed by atoms with Crippen LogP contribution in [0.5, 0.6) is 0 Å². The third kappa shape index (κ3) is 3.72. The number of hydrogen-bond donors (Lipinski definition) is 1. The zero-order valence-electron chi connectivity index (χ0n) is 8.71. The third-order valence-corrected chi connectivity index (χ3v) is 3.41. The quantitative estimate of drug-likeness (QED) is 0.565. The summed E-state index contributed by atoms with van der Waals surface area (Å²) in [6.45, 7) is 2.53. The summed E-state index contributed by atoms with van der Waals surface area (Å²) in [5.41, 5.74) is 0.672. The number of carbonyl (C=O) groups excluding carboxylic acids is 1. The summed E-state index contributed by atoms with van der Waals surface area (Å²) in [4.78, 5) is 11.0. The minimum atomic E-state index is -0.243. The number of thioether (sulfide) groups is 1. The average Bonchev–Trinajstić information content (AvgIpc) is 2.69. The Morgan fingerprint density at radius 2 is 2.50 bits per heavy atom. The van der Waals surface area contributed by atoms with Gasteiger partial charge < -0.3 is 10.1 Å². The predicted octanol–water partition coefficient (Wildman–Crippen LogP) is 1.20. The molecule has 1 heterocycles. The molecule has 0 aromatic heterocycles. The SMILES string of the molecule is COC(=O)C(C)=CCNC1CCSC1. The minimum Gasteiger partial charge on any atom is -0.466 e. The van der Waals surface area contributed by atoms with E-state index in [4.69, 9.17) is 0 Å². The van der Waals surface area contributed by atoms with Gasteiger partial charge in [0.25, 0.3) is 0 Å². The lowest BCUT2D eigenvalue weighted by Gasteiger charge is -2.08. The van der Waals surface area contributed by atoms with Gasteiger partial charge in [-0.15, -0.1) is 0 Å². The van der Waals surface area contributed by atoms with Crippen molar-refractivity contribution in [2.45, 2.75) is 19.4 Å². The van der Waals surface area contributed by atoms with Crippen molar-refractivity contribution in [2.24, 2.45) is 0 Å². The second-order valence-electron chi connectivity index (χ2n) is 3.35. The van der Waals surface area contributed by atoms with Crippen molar-refractivity contribution in [3.05, 3.63) is 11.6 Å². The fourth-order valence-corrected chi connectivity index (χ4v) is 2.51. The van der Waals surface area contributed by atoms with Gasteiger partial charge in [-0.1, -0.05) is 6.08 Å². The maximum absolute atomic E-state index is 11.0. The van der Waals surface area contributed by atoms with Gasteiger partial charge in [-0.3, -0.25) is 0 Å². The smallest absolute Gasteiger partial charge is 0.333 e. The van der Waals surface area contributed by atoms with E-state index in [1.54, 1.807) is 6.92 Å². The summed E-state index contributed by atoms with van der Waals surface area (Å²) in [6.07, 6.45) is 3.12. The van der Waals surface area contributed by atoms with Crippen LogP contribution in [0.1, 0.15) is 13.3 Å². The lowest BCUT2D eigenvalue weighted by molar-refractivity contribution is -0.136. The first-order valence-electron chi connectivity index (χ1n) is 4.80. The Bertz CT molecular complexity index is 222. The lowest BCUT2D eigenvalue weighted by Crippen LogP contribution is -2.28. The molecule has 1 N–H and O–H groups in total. The van der Waals surface area contributed by atoms with Crippen molar-refractivity contribution < 1.29 is 9.53 Å². The van der Waals surface area contributed by atoms with E-state index in [0.29, 0.717) is 11.6 Å². The molecule has 1 aliphatic rings. The van der Waals surface area contributed by atoms with Crippen molar-refractivity contribution >= 4 is 17.7 Å². The maximum atomic E-state index is 11.0. The molecule has 0 aromatic carbocycles. The highest BCUT2D eigenvalue weighted by Gasteiger charge is 2.13. The van der Waals surface area contributed by atoms with E-state index in [2.05, 4.69) is 10.1 Å². The number of rotatable bonds is 4. The average molecular weight is 215 g/mol. The van der Waals surface area contributed by atoms with Crippen LogP contribution in [0.4, 0.5) is 0 Å². The molecule has 1 saturated heterocycles. The van der Waals surface area contributed by atoms with Gasteiger partial charge in [-0.25, -0.2) is 4.79 Å². The molecule has 1 fully saturated rings. The number of methoxy groups -OCH3 is 1. The largest absolute Gasteiger partial charge is 0.466 e. The van der Waals surface area contributed by atoms with Gasteiger partial charge in [0.1, 0.15) is 0 Å². The Labute approximate surface area is 89.3 Å². The van der Waals surface area contributed by atoms with Crippen LogP contribution in [-0.4, -0.2) is 37.2 Å². The zero-order chi connectivity index (χ0) is 10.4. The standard InChI is InChI=1S/C10H17NO2S/c1-8(10(12)13-2)3-5-11-9-4-6-14-7-9/h3,9,11H,4-7H2,1-2H3. The molecule has 0 saturated carbocycles. The van der Waals surface area contributed by atoms with Gasteiger partial charge in [-0.2, -0.15) is 11.8 Å². The molecule has 1 rings (SSSR count). The number of nitrogens with one attached hydrogen (secondary N) is 1. The van der Waals surface area contributed by atoms with Gasteiger partial charge in [0, 0.05) is 23.9 Å². The third-order valence-electron chi connectivity index (χ3n) is 2.25. The molecule has 14 heavy (non-hydrogen) atoms. The van der Waals surface area contributed by atoms with Crippen molar-refractivity contribution in [1.29, 1.82) is 0 Å². The van der Waals surface area contributed by atoms with Gasteiger partial charge >= 0.3 is 5.97 Å². The van der Waals surface area contributed by atoms with E-state index in [9.17, 15) is 4.79 Å². The van der Waals surface area contributed by atoms with Crippen molar-refractivity contribution in [1.82, 2.24) is 5.32 Å². The normalized spacial score (nSPS) is 22.4. The summed E-state index contributed by atoms with van der Waals surface area (Å²) < 4.78 is 4.60. The highest BCUT2D eigenvalue weighted by molar-refractivity contribution is 7.99. The molecule has 0 radical (unpaired) electrons. The highest BCUT2D eigenvalue weighted by Crippen LogP contribution is 2.16. The highest BCUT2D eigenvalue weighted by atomic mass is 32.2. The van der Waals surface area contributed by atoms with Gasteiger partial charge in [0.2, 0.25) is 0 Å². The number of carbonyl (C=O) groups is 1. The predicted molar refractivity (Wildman–Crippen MR) is 59.5 cm³/mol.